The fraction of sp³-hybridized carbons (Fsp3) is 0.702. The predicted molar refractivity (Wildman–Crippen MR) is 270 cm³/mol. The van der Waals surface area contributed by atoms with Crippen molar-refractivity contribution < 1.29 is 28.6 Å². The van der Waals surface area contributed by atoms with Gasteiger partial charge in [-0.3, -0.25) is 14.4 Å². The van der Waals surface area contributed by atoms with E-state index in [1.165, 1.54) is 89.9 Å². The molecular weight excluding hydrogens is 781 g/mol. The lowest BCUT2D eigenvalue weighted by Gasteiger charge is -2.18. The van der Waals surface area contributed by atoms with E-state index in [0.29, 0.717) is 19.3 Å². The van der Waals surface area contributed by atoms with Gasteiger partial charge in [0.05, 0.1) is 0 Å². The largest absolute Gasteiger partial charge is 0.462 e. The van der Waals surface area contributed by atoms with Gasteiger partial charge >= 0.3 is 17.9 Å². The van der Waals surface area contributed by atoms with Gasteiger partial charge in [0.25, 0.3) is 0 Å². The summed E-state index contributed by atoms with van der Waals surface area (Å²) in [5.41, 5.74) is 0. The molecule has 0 aromatic rings. The topological polar surface area (TPSA) is 78.9 Å². The quantitative estimate of drug-likeness (QED) is 0.0262. The van der Waals surface area contributed by atoms with Crippen molar-refractivity contribution in [2.24, 2.45) is 0 Å². The van der Waals surface area contributed by atoms with E-state index in [9.17, 15) is 14.4 Å². The van der Waals surface area contributed by atoms with E-state index in [2.05, 4.69) is 106 Å². The zero-order valence-electron chi connectivity index (χ0n) is 41.1. The van der Waals surface area contributed by atoms with Crippen LogP contribution in [0.5, 0.6) is 0 Å². The van der Waals surface area contributed by atoms with Crippen LogP contribution in [0.1, 0.15) is 239 Å². The Hall–Kier alpha value is -3.41. The molecule has 0 unspecified atom stereocenters. The molecule has 0 radical (unpaired) electrons. The fourth-order valence-corrected chi connectivity index (χ4v) is 6.94. The maximum Gasteiger partial charge on any atom is 0.306 e. The van der Waals surface area contributed by atoms with Gasteiger partial charge in [0.2, 0.25) is 0 Å². The van der Waals surface area contributed by atoms with E-state index in [0.717, 1.165) is 103 Å². The van der Waals surface area contributed by atoms with Gasteiger partial charge in [-0.1, -0.05) is 196 Å². The first-order valence-electron chi connectivity index (χ1n) is 26.1. The lowest BCUT2D eigenvalue weighted by molar-refractivity contribution is -0.167. The molecule has 0 aliphatic rings. The van der Waals surface area contributed by atoms with Crippen molar-refractivity contribution in [1.29, 1.82) is 0 Å². The Kier molecular flexibility index (Phi) is 48.5. The molecule has 6 nitrogen and oxygen atoms in total. The number of esters is 3. The molecule has 0 aromatic carbocycles. The number of carbonyl (C=O) groups excluding carboxylic acids is 3. The van der Waals surface area contributed by atoms with Crippen LogP contribution in [-0.2, 0) is 28.6 Å². The van der Waals surface area contributed by atoms with Gasteiger partial charge in [-0.05, 0) is 109 Å². The predicted octanol–water partition coefficient (Wildman–Crippen LogP) is 17.2. The molecular formula is C57H96O6. The molecule has 0 N–H and O–H groups in total. The van der Waals surface area contributed by atoms with Crippen molar-refractivity contribution in [2.45, 2.75) is 245 Å². The number of carbonyl (C=O) groups is 3. The van der Waals surface area contributed by atoms with Crippen LogP contribution in [0.4, 0.5) is 0 Å². The Bertz CT molecular complexity index is 1240. The highest BCUT2D eigenvalue weighted by atomic mass is 16.6. The smallest absolute Gasteiger partial charge is 0.306 e. The van der Waals surface area contributed by atoms with Gasteiger partial charge in [0.1, 0.15) is 13.2 Å². The second-order valence-electron chi connectivity index (χ2n) is 17.0. The van der Waals surface area contributed by atoms with Crippen molar-refractivity contribution in [1.82, 2.24) is 0 Å². The lowest BCUT2D eigenvalue weighted by atomic mass is 10.1. The molecule has 360 valence electrons. The zero-order chi connectivity index (χ0) is 45.8. The summed E-state index contributed by atoms with van der Waals surface area (Å²) < 4.78 is 16.7. The molecule has 6 heteroatoms. The van der Waals surface area contributed by atoms with E-state index in [1.807, 2.05) is 0 Å². The first-order valence-corrected chi connectivity index (χ1v) is 26.1. The summed E-state index contributed by atoms with van der Waals surface area (Å²) in [6.07, 6.45) is 65.7. The maximum absolute atomic E-state index is 12.8. The van der Waals surface area contributed by atoms with Crippen LogP contribution in [-0.4, -0.2) is 37.2 Å². The molecule has 1 atom stereocenters. The highest BCUT2D eigenvalue weighted by molar-refractivity contribution is 5.71. The molecule has 0 saturated carbocycles. The van der Waals surface area contributed by atoms with E-state index in [-0.39, 0.29) is 37.5 Å². The van der Waals surface area contributed by atoms with Crippen LogP contribution in [0, 0.1) is 0 Å². The number of ether oxygens (including phenoxy) is 3. The van der Waals surface area contributed by atoms with Crippen LogP contribution >= 0.6 is 0 Å². The highest BCUT2D eigenvalue weighted by Crippen LogP contribution is 2.13. The standard InChI is InChI=1S/C57H96O6/c1-4-7-10-13-16-19-22-25-27-28-30-33-36-39-42-45-48-51-57(60)63-54(52-61-55(58)49-46-43-40-37-34-31-24-21-18-15-12-9-6-3)53-62-56(59)50-47-44-41-38-35-32-29-26-23-20-17-14-11-8-5-2/h7,10,16,19,21,24-27,29-30,33,39,42,54H,4-6,8-9,11-15,17-18,20,22-23,28,31-32,34-38,40-41,43-53H2,1-3H3/b10-7-,19-16-,24-21-,27-25-,29-26-,33-30-,42-39-/t54-/m0/s1. The van der Waals surface area contributed by atoms with Gasteiger partial charge in [0, 0.05) is 19.3 Å². The second-order valence-corrected chi connectivity index (χ2v) is 17.0. The summed E-state index contributed by atoms with van der Waals surface area (Å²) in [7, 11) is 0. The fourth-order valence-electron chi connectivity index (χ4n) is 6.94. The average molecular weight is 877 g/mol. The molecule has 0 saturated heterocycles. The molecule has 0 aliphatic carbocycles. The number of rotatable bonds is 46. The monoisotopic (exact) mass is 877 g/mol. The van der Waals surface area contributed by atoms with Gasteiger partial charge in [0.15, 0.2) is 6.10 Å². The van der Waals surface area contributed by atoms with Crippen molar-refractivity contribution in [3.63, 3.8) is 0 Å². The Labute approximate surface area is 388 Å². The van der Waals surface area contributed by atoms with E-state index in [1.54, 1.807) is 0 Å². The van der Waals surface area contributed by atoms with Crippen LogP contribution in [0.2, 0.25) is 0 Å². The zero-order valence-corrected chi connectivity index (χ0v) is 41.1. The minimum Gasteiger partial charge on any atom is -0.462 e. The highest BCUT2D eigenvalue weighted by Gasteiger charge is 2.19. The van der Waals surface area contributed by atoms with Gasteiger partial charge < -0.3 is 14.2 Å². The van der Waals surface area contributed by atoms with Crippen LogP contribution in [0.3, 0.4) is 0 Å². The van der Waals surface area contributed by atoms with Crippen molar-refractivity contribution in [2.75, 3.05) is 13.2 Å². The molecule has 0 rings (SSSR count). The summed E-state index contributed by atoms with van der Waals surface area (Å²) in [5, 5.41) is 0. The molecule has 0 fully saturated rings. The number of unbranched alkanes of at least 4 members (excludes halogenated alkanes) is 21. The van der Waals surface area contributed by atoms with Gasteiger partial charge in [-0.25, -0.2) is 0 Å². The third-order valence-corrected chi connectivity index (χ3v) is 10.9. The Morgan fingerprint density at radius 2 is 0.635 bits per heavy atom. The van der Waals surface area contributed by atoms with Crippen molar-refractivity contribution in [3.8, 4) is 0 Å². The lowest BCUT2D eigenvalue weighted by Crippen LogP contribution is -2.30. The molecule has 0 aromatic heterocycles. The van der Waals surface area contributed by atoms with Gasteiger partial charge in [-0.2, -0.15) is 0 Å². The van der Waals surface area contributed by atoms with E-state index in [4.69, 9.17) is 14.2 Å². The molecule has 0 bridgehead atoms. The Balaban J connectivity index is 4.51. The first kappa shape index (κ1) is 59.6. The summed E-state index contributed by atoms with van der Waals surface area (Å²) in [6, 6.07) is 0. The molecule has 0 amide bonds. The Morgan fingerprint density at radius 1 is 0.333 bits per heavy atom. The van der Waals surface area contributed by atoms with Crippen LogP contribution in [0.25, 0.3) is 0 Å². The summed E-state index contributed by atoms with van der Waals surface area (Å²) >= 11 is 0. The van der Waals surface area contributed by atoms with Crippen molar-refractivity contribution >= 4 is 17.9 Å². The summed E-state index contributed by atoms with van der Waals surface area (Å²) in [6.45, 7) is 6.44. The summed E-state index contributed by atoms with van der Waals surface area (Å²) in [5.74, 6) is -0.982. The third kappa shape index (κ3) is 49.5. The maximum atomic E-state index is 12.8. The normalized spacial score (nSPS) is 12.7. The first-order chi connectivity index (χ1) is 31.0. The Morgan fingerprint density at radius 3 is 1.05 bits per heavy atom. The molecule has 0 aliphatic heterocycles. The molecule has 0 heterocycles. The van der Waals surface area contributed by atoms with Crippen LogP contribution < -0.4 is 0 Å². The summed E-state index contributed by atoms with van der Waals surface area (Å²) in [4.78, 5) is 38.0. The second kappa shape index (κ2) is 51.2. The third-order valence-electron chi connectivity index (χ3n) is 10.9. The number of hydrogen-bond donors (Lipinski definition) is 0. The number of allylic oxidation sites excluding steroid dienone is 14. The minimum absolute atomic E-state index is 0.106. The van der Waals surface area contributed by atoms with Gasteiger partial charge in [-0.15, -0.1) is 0 Å². The molecule has 63 heavy (non-hydrogen) atoms. The number of hydrogen-bond acceptors (Lipinski definition) is 6. The SMILES string of the molecule is CC/C=C\C/C=C\C/C=C\C/C=C\C/C=C\CCCC(=O)O[C@@H](COC(=O)CCCCCCC/C=C\CCCCCC)COC(=O)CCCCCCC/C=C\CCCCCCCC. The van der Waals surface area contributed by atoms with Crippen molar-refractivity contribution in [3.05, 3.63) is 85.1 Å². The molecule has 0 spiro atoms. The van der Waals surface area contributed by atoms with E-state index < -0.39 is 6.10 Å². The van der Waals surface area contributed by atoms with E-state index >= 15 is 0 Å². The van der Waals surface area contributed by atoms with Crippen LogP contribution in [0.15, 0.2) is 85.1 Å². The average Bonchev–Trinajstić information content (AvgIpc) is 3.28. The minimum atomic E-state index is -0.812.